The molecule has 0 bridgehead atoms. The zero-order chi connectivity index (χ0) is 14.3. The second-order valence-corrected chi connectivity index (χ2v) is 6.99. The first-order valence-corrected chi connectivity index (χ1v) is 7.54. The summed E-state index contributed by atoms with van der Waals surface area (Å²) in [5.74, 6) is 1.44. The molecular weight excluding hydrogens is 275 g/mol. The van der Waals surface area contributed by atoms with Gasteiger partial charge < -0.3 is 5.43 Å². The summed E-state index contributed by atoms with van der Waals surface area (Å²) in [4.78, 5) is 0. The molecule has 4 nitrogen and oxygen atoms in total. The van der Waals surface area contributed by atoms with Crippen molar-refractivity contribution in [3.05, 3.63) is 30.1 Å². The number of thioether (sulfide) groups is 1. The van der Waals surface area contributed by atoms with Crippen molar-refractivity contribution in [3.8, 4) is 11.4 Å². The highest BCUT2D eigenvalue weighted by Crippen LogP contribution is 2.32. The van der Waals surface area contributed by atoms with Crippen LogP contribution in [0.4, 0.5) is 4.39 Å². The minimum atomic E-state index is -0.248. The molecule has 1 N–H and O–H groups in total. The van der Waals surface area contributed by atoms with Crippen molar-refractivity contribution < 1.29 is 4.39 Å². The first-order valence-electron chi connectivity index (χ1n) is 6.56. The monoisotopic (exact) mass is 292 g/mol. The number of rotatable bonds is 1. The summed E-state index contributed by atoms with van der Waals surface area (Å²) in [7, 11) is 0. The van der Waals surface area contributed by atoms with E-state index in [1.54, 1.807) is 23.9 Å². The number of nitrogens with one attached hydrogen (secondary N) is 1. The van der Waals surface area contributed by atoms with Crippen molar-refractivity contribution in [2.24, 2.45) is 5.41 Å². The minimum Gasteiger partial charge on any atom is -0.318 e. The smallest absolute Gasteiger partial charge is 0.210 e. The van der Waals surface area contributed by atoms with Gasteiger partial charge in [-0.2, -0.15) is 0 Å². The highest BCUT2D eigenvalue weighted by molar-refractivity contribution is 7.99. The molecule has 0 amide bonds. The fourth-order valence-corrected chi connectivity index (χ4v) is 3.32. The van der Waals surface area contributed by atoms with Crippen LogP contribution in [0.1, 0.15) is 20.8 Å². The average Bonchev–Trinajstić information content (AvgIpc) is 2.81. The van der Waals surface area contributed by atoms with Crippen molar-refractivity contribution in [2.75, 3.05) is 11.2 Å². The Morgan fingerprint density at radius 1 is 1.25 bits per heavy atom. The minimum absolute atomic E-state index is 0.148. The maximum absolute atomic E-state index is 13.0. The van der Waals surface area contributed by atoms with E-state index < -0.39 is 0 Å². The first kappa shape index (κ1) is 13.4. The maximum atomic E-state index is 13.0. The van der Waals surface area contributed by atoms with Crippen LogP contribution in [0.15, 0.2) is 29.4 Å². The van der Waals surface area contributed by atoms with Crippen LogP contribution >= 0.6 is 11.8 Å². The van der Waals surface area contributed by atoms with E-state index in [-0.39, 0.29) is 11.2 Å². The average molecular weight is 292 g/mol. The number of hydrogen-bond donors (Lipinski definition) is 1. The van der Waals surface area contributed by atoms with Crippen molar-refractivity contribution in [1.82, 2.24) is 14.9 Å². The van der Waals surface area contributed by atoms with Gasteiger partial charge in [-0.05, 0) is 29.7 Å². The van der Waals surface area contributed by atoms with E-state index in [0.29, 0.717) is 6.04 Å². The van der Waals surface area contributed by atoms with E-state index in [4.69, 9.17) is 0 Å². The number of halogens is 1. The Bertz CT molecular complexity index is 615. The fourth-order valence-electron chi connectivity index (χ4n) is 2.06. The van der Waals surface area contributed by atoms with Crippen molar-refractivity contribution >= 4 is 11.8 Å². The summed E-state index contributed by atoms with van der Waals surface area (Å²) in [6, 6.07) is 6.65. The normalized spacial score (nSPS) is 18.5. The second kappa shape index (κ2) is 4.77. The number of fused-ring (bicyclic) bond motifs is 1. The Morgan fingerprint density at radius 2 is 1.95 bits per heavy atom. The van der Waals surface area contributed by atoms with Crippen LogP contribution in [0.3, 0.4) is 0 Å². The van der Waals surface area contributed by atoms with Crippen LogP contribution in [0.2, 0.25) is 0 Å². The van der Waals surface area contributed by atoms with Gasteiger partial charge in [0.15, 0.2) is 5.82 Å². The van der Waals surface area contributed by atoms with Gasteiger partial charge in [0.2, 0.25) is 5.16 Å². The molecule has 0 radical (unpaired) electrons. The molecule has 0 saturated carbocycles. The summed E-state index contributed by atoms with van der Waals surface area (Å²) in [5.41, 5.74) is 4.48. The molecule has 106 valence electrons. The summed E-state index contributed by atoms with van der Waals surface area (Å²) in [5, 5.41) is 9.26. The third kappa shape index (κ3) is 2.40. The van der Waals surface area contributed by atoms with Crippen LogP contribution < -0.4 is 5.43 Å². The van der Waals surface area contributed by atoms with Crippen LogP contribution in [-0.4, -0.2) is 26.7 Å². The molecule has 2 aromatic rings. The van der Waals surface area contributed by atoms with Gasteiger partial charge in [0, 0.05) is 11.3 Å². The largest absolute Gasteiger partial charge is 0.318 e. The molecule has 1 aliphatic heterocycles. The lowest BCUT2D eigenvalue weighted by Crippen LogP contribution is -2.43. The predicted octanol–water partition coefficient (Wildman–Crippen LogP) is 3.15. The Hall–Kier alpha value is -1.56. The third-order valence-corrected chi connectivity index (χ3v) is 4.47. The van der Waals surface area contributed by atoms with Gasteiger partial charge in [-0.3, -0.25) is 0 Å². The third-order valence-electron chi connectivity index (χ3n) is 3.45. The number of nitrogens with zero attached hydrogens (tertiary/aromatic N) is 3. The van der Waals surface area contributed by atoms with Crippen LogP contribution in [0.25, 0.3) is 11.4 Å². The molecule has 0 spiro atoms. The zero-order valence-electron chi connectivity index (χ0n) is 11.7. The quantitative estimate of drug-likeness (QED) is 0.877. The summed E-state index contributed by atoms with van der Waals surface area (Å²) >= 11 is 1.70. The van der Waals surface area contributed by atoms with Gasteiger partial charge in [-0.15, -0.1) is 10.2 Å². The molecule has 2 heterocycles. The van der Waals surface area contributed by atoms with Gasteiger partial charge in [0.05, 0.1) is 6.04 Å². The van der Waals surface area contributed by atoms with Crippen molar-refractivity contribution in [2.45, 2.75) is 32.0 Å². The number of benzene rings is 1. The van der Waals surface area contributed by atoms with Crippen molar-refractivity contribution in [1.29, 1.82) is 0 Å². The molecule has 6 heteroatoms. The molecule has 20 heavy (non-hydrogen) atoms. The lowest BCUT2D eigenvalue weighted by molar-refractivity contribution is 0.337. The first-order chi connectivity index (χ1) is 9.45. The second-order valence-electron chi connectivity index (χ2n) is 6.01. The molecular formula is C14H17FN4S. The summed E-state index contributed by atoms with van der Waals surface area (Å²) in [6.07, 6.45) is 0. The maximum Gasteiger partial charge on any atom is 0.210 e. The highest BCUT2D eigenvalue weighted by atomic mass is 32.2. The Balaban J connectivity index is 1.97. The molecule has 3 rings (SSSR count). The summed E-state index contributed by atoms with van der Waals surface area (Å²) < 4.78 is 14.9. The fraction of sp³-hybridized carbons (Fsp3) is 0.429. The lowest BCUT2D eigenvalue weighted by Gasteiger charge is -2.35. The Kier molecular flexibility index (Phi) is 3.20. The van der Waals surface area contributed by atoms with E-state index in [0.717, 1.165) is 22.3 Å². The van der Waals surface area contributed by atoms with E-state index in [1.807, 2.05) is 4.68 Å². The molecule has 1 atom stereocenters. The van der Waals surface area contributed by atoms with Crippen LogP contribution in [-0.2, 0) is 0 Å². The molecule has 0 aliphatic carbocycles. The standard InChI is InChI=1S/C14H17FN4S/c1-14(2,3)11-8-20-13-17-16-12(19(13)18-11)9-4-6-10(15)7-5-9/h4-7,11,18H,8H2,1-3H3. The zero-order valence-corrected chi connectivity index (χ0v) is 12.5. The number of aromatic nitrogens is 3. The van der Waals surface area contributed by atoms with Gasteiger partial charge in [0.25, 0.3) is 0 Å². The van der Waals surface area contributed by atoms with E-state index in [2.05, 4.69) is 36.4 Å². The van der Waals surface area contributed by atoms with Gasteiger partial charge in [0.1, 0.15) is 5.82 Å². The number of hydrogen-bond acceptors (Lipinski definition) is 4. The molecule has 0 saturated heterocycles. The molecule has 1 unspecified atom stereocenters. The van der Waals surface area contributed by atoms with E-state index in [1.165, 1.54) is 12.1 Å². The predicted molar refractivity (Wildman–Crippen MR) is 78.7 cm³/mol. The highest BCUT2D eigenvalue weighted by Gasteiger charge is 2.31. The SMILES string of the molecule is CC(C)(C)C1CSc2nnc(-c3ccc(F)cc3)n2N1. The van der Waals surface area contributed by atoms with Crippen molar-refractivity contribution in [3.63, 3.8) is 0 Å². The van der Waals surface area contributed by atoms with Gasteiger partial charge in [-0.1, -0.05) is 32.5 Å². The summed E-state index contributed by atoms with van der Waals surface area (Å²) in [6.45, 7) is 6.62. The van der Waals surface area contributed by atoms with Gasteiger partial charge >= 0.3 is 0 Å². The molecule has 0 fully saturated rings. The van der Waals surface area contributed by atoms with E-state index in [9.17, 15) is 4.39 Å². The molecule has 1 aliphatic rings. The molecule has 1 aromatic carbocycles. The van der Waals surface area contributed by atoms with Crippen LogP contribution in [0, 0.1) is 11.2 Å². The van der Waals surface area contributed by atoms with E-state index >= 15 is 0 Å². The topological polar surface area (TPSA) is 42.7 Å². The Morgan fingerprint density at radius 3 is 2.60 bits per heavy atom. The lowest BCUT2D eigenvalue weighted by atomic mass is 9.88. The van der Waals surface area contributed by atoms with Gasteiger partial charge in [-0.25, -0.2) is 9.07 Å². The Labute approximate surface area is 121 Å². The molecule has 1 aromatic heterocycles. The van der Waals surface area contributed by atoms with Crippen LogP contribution in [0.5, 0.6) is 0 Å².